The van der Waals surface area contributed by atoms with Crippen LogP contribution >= 0.6 is 0 Å². The summed E-state index contributed by atoms with van der Waals surface area (Å²) in [6.07, 6.45) is 2.22. The summed E-state index contributed by atoms with van der Waals surface area (Å²) in [7, 11) is -3.56. The number of hydrogen-bond donors (Lipinski definition) is 1. The van der Waals surface area contributed by atoms with Crippen LogP contribution in [0.3, 0.4) is 0 Å². The third-order valence-corrected chi connectivity index (χ3v) is 5.55. The molecule has 0 aliphatic heterocycles. The van der Waals surface area contributed by atoms with Gasteiger partial charge in [-0.3, -0.25) is 4.79 Å². The standard InChI is InChI=1S/C15H23NO3S/c1-5-15(6-2,7-3)16-20(18,19)14-10-8-13(9-11-14)12(4)17/h8-11,16H,5-7H2,1-4H3. The van der Waals surface area contributed by atoms with Gasteiger partial charge in [-0.2, -0.15) is 0 Å². The fourth-order valence-electron chi connectivity index (χ4n) is 2.18. The van der Waals surface area contributed by atoms with Gasteiger partial charge in [0.2, 0.25) is 10.0 Å². The fraction of sp³-hybridized carbons (Fsp3) is 0.533. The van der Waals surface area contributed by atoms with Crippen molar-refractivity contribution in [3.8, 4) is 0 Å². The number of carbonyl (C=O) groups is 1. The zero-order valence-corrected chi connectivity index (χ0v) is 13.4. The summed E-state index contributed by atoms with van der Waals surface area (Å²) in [5.41, 5.74) is 0.106. The van der Waals surface area contributed by atoms with E-state index in [2.05, 4.69) is 4.72 Å². The highest BCUT2D eigenvalue weighted by Crippen LogP contribution is 2.23. The van der Waals surface area contributed by atoms with Gasteiger partial charge in [-0.25, -0.2) is 13.1 Å². The molecule has 0 unspecified atom stereocenters. The van der Waals surface area contributed by atoms with Gasteiger partial charge in [-0.15, -0.1) is 0 Å². The van der Waals surface area contributed by atoms with Crippen molar-refractivity contribution in [1.29, 1.82) is 0 Å². The molecule has 0 aromatic heterocycles. The molecule has 0 aliphatic carbocycles. The largest absolute Gasteiger partial charge is 0.295 e. The van der Waals surface area contributed by atoms with Gasteiger partial charge in [0.05, 0.1) is 4.90 Å². The molecule has 1 aromatic carbocycles. The average molecular weight is 297 g/mol. The highest BCUT2D eigenvalue weighted by Gasteiger charge is 2.30. The highest BCUT2D eigenvalue weighted by molar-refractivity contribution is 7.89. The number of rotatable bonds is 7. The van der Waals surface area contributed by atoms with Crippen molar-refractivity contribution in [2.75, 3.05) is 0 Å². The Balaban J connectivity index is 3.07. The van der Waals surface area contributed by atoms with Crippen molar-refractivity contribution in [3.05, 3.63) is 29.8 Å². The van der Waals surface area contributed by atoms with E-state index in [1.54, 1.807) is 12.1 Å². The van der Waals surface area contributed by atoms with Crippen molar-refractivity contribution in [1.82, 2.24) is 4.72 Å². The SMILES string of the molecule is CCC(CC)(CC)NS(=O)(=O)c1ccc(C(C)=O)cc1. The number of sulfonamides is 1. The average Bonchev–Trinajstić information content (AvgIpc) is 2.45. The molecule has 1 rings (SSSR count). The maximum absolute atomic E-state index is 12.4. The molecule has 0 fully saturated rings. The molecule has 4 nitrogen and oxygen atoms in total. The van der Waals surface area contributed by atoms with E-state index in [9.17, 15) is 13.2 Å². The molecule has 1 aromatic rings. The van der Waals surface area contributed by atoms with Crippen LogP contribution < -0.4 is 4.72 Å². The smallest absolute Gasteiger partial charge is 0.241 e. The summed E-state index contributed by atoms with van der Waals surface area (Å²) in [6.45, 7) is 7.40. The first kappa shape index (κ1) is 16.9. The molecular formula is C15H23NO3S. The number of ketones is 1. The minimum Gasteiger partial charge on any atom is -0.295 e. The van der Waals surface area contributed by atoms with Gasteiger partial charge < -0.3 is 0 Å². The van der Waals surface area contributed by atoms with Crippen LogP contribution in [0.1, 0.15) is 57.3 Å². The molecule has 0 radical (unpaired) electrons. The topological polar surface area (TPSA) is 63.2 Å². The highest BCUT2D eigenvalue weighted by atomic mass is 32.2. The molecule has 0 bridgehead atoms. The molecule has 1 N–H and O–H groups in total. The first-order valence-electron chi connectivity index (χ1n) is 6.95. The van der Waals surface area contributed by atoms with Crippen LogP contribution in [0.4, 0.5) is 0 Å². The van der Waals surface area contributed by atoms with Crippen molar-refractivity contribution in [3.63, 3.8) is 0 Å². The molecule has 0 amide bonds. The lowest BCUT2D eigenvalue weighted by Crippen LogP contribution is -2.46. The zero-order chi connectivity index (χ0) is 15.4. The van der Waals surface area contributed by atoms with Gasteiger partial charge in [0.15, 0.2) is 5.78 Å². The van der Waals surface area contributed by atoms with Gasteiger partial charge in [0, 0.05) is 11.1 Å². The minimum absolute atomic E-state index is 0.0769. The second-order valence-corrected chi connectivity index (χ2v) is 6.71. The predicted molar refractivity (Wildman–Crippen MR) is 80.4 cm³/mol. The minimum atomic E-state index is -3.56. The van der Waals surface area contributed by atoms with Gasteiger partial charge in [0.1, 0.15) is 0 Å². The lowest BCUT2D eigenvalue weighted by molar-refractivity contribution is 0.101. The fourth-order valence-corrected chi connectivity index (χ4v) is 3.79. The normalized spacial score (nSPS) is 12.4. The lowest BCUT2D eigenvalue weighted by Gasteiger charge is -2.31. The maximum atomic E-state index is 12.4. The van der Waals surface area contributed by atoms with Crippen molar-refractivity contribution in [2.45, 2.75) is 57.4 Å². The summed E-state index contributed by atoms with van der Waals surface area (Å²) < 4.78 is 27.6. The molecule has 0 aliphatic rings. The van der Waals surface area contributed by atoms with Gasteiger partial charge in [-0.05, 0) is 38.3 Å². The third-order valence-electron chi connectivity index (χ3n) is 3.95. The maximum Gasteiger partial charge on any atom is 0.241 e. The summed E-state index contributed by atoms with van der Waals surface area (Å²) in [5.74, 6) is -0.0769. The zero-order valence-electron chi connectivity index (χ0n) is 12.6. The first-order chi connectivity index (χ1) is 9.30. The van der Waals surface area contributed by atoms with Crippen molar-refractivity contribution >= 4 is 15.8 Å². The van der Waals surface area contributed by atoms with Gasteiger partial charge >= 0.3 is 0 Å². The third kappa shape index (κ3) is 3.67. The Kier molecular flexibility index (Phi) is 5.48. The van der Waals surface area contributed by atoms with Crippen LogP contribution in [0.2, 0.25) is 0 Å². The Morgan fingerprint density at radius 2 is 1.50 bits per heavy atom. The summed E-state index contributed by atoms with van der Waals surface area (Å²) >= 11 is 0. The Morgan fingerprint density at radius 1 is 1.05 bits per heavy atom. The predicted octanol–water partition coefficient (Wildman–Crippen LogP) is 3.14. The Hall–Kier alpha value is -1.20. The molecule has 0 spiro atoms. The Labute approximate surface area is 121 Å². The number of hydrogen-bond acceptors (Lipinski definition) is 3. The second kappa shape index (κ2) is 6.50. The van der Waals surface area contributed by atoms with E-state index >= 15 is 0 Å². The molecule has 0 atom stereocenters. The van der Waals surface area contributed by atoms with Crippen LogP contribution in [0.25, 0.3) is 0 Å². The molecule has 0 heterocycles. The molecule has 20 heavy (non-hydrogen) atoms. The van der Waals surface area contributed by atoms with E-state index in [1.165, 1.54) is 19.1 Å². The van der Waals surface area contributed by atoms with Crippen molar-refractivity contribution < 1.29 is 13.2 Å². The lowest BCUT2D eigenvalue weighted by atomic mass is 9.91. The van der Waals surface area contributed by atoms with Crippen LogP contribution in [-0.2, 0) is 10.0 Å². The molecule has 112 valence electrons. The number of carbonyl (C=O) groups excluding carboxylic acids is 1. The Bertz CT molecular complexity index is 549. The van der Waals surface area contributed by atoms with E-state index in [0.29, 0.717) is 5.56 Å². The second-order valence-electron chi connectivity index (χ2n) is 5.03. The van der Waals surface area contributed by atoms with E-state index in [1.807, 2.05) is 20.8 Å². The summed E-state index contributed by atoms with van der Waals surface area (Å²) in [5, 5.41) is 0. The van der Waals surface area contributed by atoms with Crippen molar-refractivity contribution in [2.24, 2.45) is 0 Å². The van der Waals surface area contributed by atoms with Gasteiger partial charge in [0.25, 0.3) is 0 Å². The van der Waals surface area contributed by atoms with Crippen LogP contribution in [-0.4, -0.2) is 19.7 Å². The monoisotopic (exact) mass is 297 g/mol. The van der Waals surface area contributed by atoms with Crippen LogP contribution in [0, 0.1) is 0 Å². The first-order valence-corrected chi connectivity index (χ1v) is 8.43. The number of benzene rings is 1. The molecule has 0 saturated carbocycles. The number of Topliss-reactive ketones (excluding diaryl/α,β-unsaturated/α-hetero) is 1. The van der Waals surface area contributed by atoms with E-state index < -0.39 is 15.6 Å². The van der Waals surface area contributed by atoms with E-state index in [-0.39, 0.29) is 10.7 Å². The van der Waals surface area contributed by atoms with E-state index in [4.69, 9.17) is 0 Å². The Morgan fingerprint density at radius 3 is 1.85 bits per heavy atom. The molecule has 5 heteroatoms. The number of nitrogens with one attached hydrogen (secondary N) is 1. The summed E-state index contributed by atoms with van der Waals surface area (Å²) in [4.78, 5) is 11.4. The van der Waals surface area contributed by atoms with E-state index in [0.717, 1.165) is 19.3 Å². The molecular weight excluding hydrogens is 274 g/mol. The van der Waals surface area contributed by atoms with Crippen LogP contribution in [0.5, 0.6) is 0 Å². The molecule has 0 saturated heterocycles. The van der Waals surface area contributed by atoms with Gasteiger partial charge in [-0.1, -0.05) is 32.9 Å². The van der Waals surface area contributed by atoms with Crippen LogP contribution in [0.15, 0.2) is 29.2 Å². The summed E-state index contributed by atoms with van der Waals surface area (Å²) in [6, 6.07) is 6.04. The quantitative estimate of drug-likeness (QED) is 0.786.